The average molecular weight is 293 g/mol. The largest absolute Gasteiger partial charge is 0.478 e. The lowest BCUT2D eigenvalue weighted by molar-refractivity contribution is -0.122. The van der Waals surface area contributed by atoms with Crippen LogP contribution in [0, 0.1) is 5.92 Å². The molecule has 0 heterocycles. The predicted octanol–water partition coefficient (Wildman–Crippen LogP) is 2.13. The van der Waals surface area contributed by atoms with Crippen molar-refractivity contribution in [1.82, 2.24) is 0 Å². The van der Waals surface area contributed by atoms with E-state index < -0.39 is 11.9 Å². The normalized spacial score (nSPS) is 14.7. The van der Waals surface area contributed by atoms with E-state index in [1.807, 2.05) is 0 Å². The second-order valence-electron chi connectivity index (χ2n) is 4.92. The lowest BCUT2D eigenvalue weighted by atomic mass is 9.89. The summed E-state index contributed by atoms with van der Waals surface area (Å²) in [7, 11) is 0. The predicted molar refractivity (Wildman–Crippen MR) is 76.1 cm³/mol. The highest BCUT2D eigenvalue weighted by atomic mass is 16.4. The van der Waals surface area contributed by atoms with Gasteiger partial charge >= 0.3 is 11.9 Å². The van der Waals surface area contributed by atoms with Crippen LogP contribution in [0.25, 0.3) is 0 Å². The van der Waals surface area contributed by atoms with E-state index in [-0.39, 0.29) is 23.0 Å². The number of hydrogen-bond acceptors (Lipinski definition) is 3. The molecule has 114 valence electrons. The van der Waals surface area contributed by atoms with E-state index in [1.165, 1.54) is 43.5 Å². The average Bonchev–Trinajstić information content (AvgIpc) is 2.49. The van der Waals surface area contributed by atoms with Crippen LogP contribution in [0.15, 0.2) is 24.3 Å². The molecule has 1 aliphatic carbocycles. The first-order chi connectivity index (χ1) is 9.91. The highest BCUT2D eigenvalue weighted by molar-refractivity contribution is 5.91. The molecule has 1 fully saturated rings. The van der Waals surface area contributed by atoms with Crippen LogP contribution in [0.5, 0.6) is 0 Å². The number of carbonyl (C=O) groups excluding carboxylic acids is 1. The van der Waals surface area contributed by atoms with Crippen molar-refractivity contribution in [3.05, 3.63) is 35.4 Å². The van der Waals surface area contributed by atoms with Crippen molar-refractivity contribution in [2.45, 2.75) is 32.1 Å². The van der Waals surface area contributed by atoms with Gasteiger partial charge in [-0.1, -0.05) is 19.3 Å². The highest BCUT2D eigenvalue weighted by Gasteiger charge is 2.17. The third kappa shape index (κ3) is 5.64. The SMILES string of the molecule is NC(=O)C1CCCCC1.O=C(O)c1ccc(C(=O)O)cc1. The van der Waals surface area contributed by atoms with Crippen LogP contribution in [-0.2, 0) is 4.79 Å². The lowest BCUT2D eigenvalue weighted by Gasteiger charge is -2.17. The topological polar surface area (TPSA) is 118 Å². The van der Waals surface area contributed by atoms with E-state index in [0.29, 0.717) is 0 Å². The summed E-state index contributed by atoms with van der Waals surface area (Å²) in [5, 5.41) is 16.9. The van der Waals surface area contributed by atoms with Crippen LogP contribution in [0.2, 0.25) is 0 Å². The molecule has 0 atom stereocenters. The van der Waals surface area contributed by atoms with Gasteiger partial charge in [0.2, 0.25) is 5.91 Å². The molecule has 1 aromatic carbocycles. The molecule has 0 spiro atoms. The summed E-state index contributed by atoms with van der Waals surface area (Å²) < 4.78 is 0. The second-order valence-corrected chi connectivity index (χ2v) is 4.92. The van der Waals surface area contributed by atoms with Crippen LogP contribution >= 0.6 is 0 Å². The van der Waals surface area contributed by atoms with Gasteiger partial charge in [0, 0.05) is 5.92 Å². The minimum atomic E-state index is -1.06. The molecule has 1 saturated carbocycles. The number of carboxylic acids is 2. The van der Waals surface area contributed by atoms with E-state index in [9.17, 15) is 14.4 Å². The van der Waals surface area contributed by atoms with Crippen molar-refractivity contribution in [3.63, 3.8) is 0 Å². The molecular weight excluding hydrogens is 274 g/mol. The van der Waals surface area contributed by atoms with E-state index >= 15 is 0 Å². The molecule has 6 nitrogen and oxygen atoms in total. The third-order valence-corrected chi connectivity index (χ3v) is 3.39. The Kier molecular flexibility index (Phi) is 6.39. The summed E-state index contributed by atoms with van der Waals surface area (Å²) in [4.78, 5) is 31.2. The van der Waals surface area contributed by atoms with E-state index in [4.69, 9.17) is 15.9 Å². The van der Waals surface area contributed by atoms with Crippen molar-refractivity contribution >= 4 is 17.8 Å². The summed E-state index contributed by atoms with van der Waals surface area (Å²) in [6, 6.07) is 5.02. The number of amides is 1. The number of hydrogen-bond donors (Lipinski definition) is 3. The molecule has 1 amide bonds. The second kappa shape index (κ2) is 8.04. The zero-order valence-electron chi connectivity index (χ0n) is 11.6. The van der Waals surface area contributed by atoms with E-state index in [2.05, 4.69) is 0 Å². The quantitative estimate of drug-likeness (QED) is 0.789. The summed E-state index contributed by atoms with van der Waals surface area (Å²) in [5.41, 5.74) is 5.29. The van der Waals surface area contributed by atoms with Gasteiger partial charge < -0.3 is 15.9 Å². The van der Waals surface area contributed by atoms with Gasteiger partial charge in [0.1, 0.15) is 0 Å². The number of carboxylic acid groups (broad SMARTS) is 2. The number of nitrogens with two attached hydrogens (primary N) is 1. The Morgan fingerprint density at radius 1 is 0.857 bits per heavy atom. The van der Waals surface area contributed by atoms with Crippen molar-refractivity contribution in [3.8, 4) is 0 Å². The molecule has 4 N–H and O–H groups in total. The first-order valence-electron chi connectivity index (χ1n) is 6.77. The van der Waals surface area contributed by atoms with Crippen LogP contribution < -0.4 is 5.73 Å². The Morgan fingerprint density at radius 3 is 1.48 bits per heavy atom. The smallest absolute Gasteiger partial charge is 0.335 e. The van der Waals surface area contributed by atoms with Gasteiger partial charge in [-0.3, -0.25) is 4.79 Å². The van der Waals surface area contributed by atoms with Gasteiger partial charge in [0.05, 0.1) is 11.1 Å². The monoisotopic (exact) mass is 293 g/mol. The maximum absolute atomic E-state index is 10.6. The number of aromatic carboxylic acids is 2. The Morgan fingerprint density at radius 2 is 1.24 bits per heavy atom. The molecule has 21 heavy (non-hydrogen) atoms. The van der Waals surface area contributed by atoms with Gasteiger partial charge in [-0.15, -0.1) is 0 Å². The van der Waals surface area contributed by atoms with Crippen LogP contribution in [0.4, 0.5) is 0 Å². The zero-order valence-corrected chi connectivity index (χ0v) is 11.6. The van der Waals surface area contributed by atoms with E-state index in [1.54, 1.807) is 0 Å². The molecular formula is C15H19NO5. The Hall–Kier alpha value is -2.37. The zero-order chi connectivity index (χ0) is 15.8. The first kappa shape index (κ1) is 16.7. The Labute approximate surface area is 122 Å². The summed E-state index contributed by atoms with van der Waals surface area (Å²) in [5.74, 6) is -2.03. The van der Waals surface area contributed by atoms with Crippen LogP contribution in [0.3, 0.4) is 0 Å². The molecule has 2 rings (SSSR count). The number of carbonyl (C=O) groups is 3. The Bertz CT molecular complexity index is 470. The van der Waals surface area contributed by atoms with Gasteiger partial charge in [0.15, 0.2) is 0 Å². The Balaban J connectivity index is 0.000000219. The molecule has 0 aromatic heterocycles. The molecule has 0 saturated heterocycles. The fraction of sp³-hybridized carbons (Fsp3) is 0.400. The van der Waals surface area contributed by atoms with Crippen molar-refractivity contribution in [1.29, 1.82) is 0 Å². The molecule has 0 unspecified atom stereocenters. The fourth-order valence-corrected chi connectivity index (χ4v) is 2.14. The highest BCUT2D eigenvalue weighted by Crippen LogP contribution is 2.22. The minimum Gasteiger partial charge on any atom is -0.478 e. The van der Waals surface area contributed by atoms with Gasteiger partial charge in [-0.25, -0.2) is 9.59 Å². The standard InChI is InChI=1S/C8H6O4.C7H13NO/c9-7(10)5-1-2-6(4-3-5)8(11)12;8-7(9)6-4-2-1-3-5-6/h1-4H,(H,9,10)(H,11,12);6H,1-5H2,(H2,8,9). The summed E-state index contributed by atoms with van der Waals surface area (Å²) >= 11 is 0. The molecule has 0 bridgehead atoms. The maximum atomic E-state index is 10.6. The number of rotatable bonds is 3. The van der Waals surface area contributed by atoms with Crippen LogP contribution in [-0.4, -0.2) is 28.1 Å². The molecule has 0 radical (unpaired) electrons. The van der Waals surface area contributed by atoms with Gasteiger partial charge in [-0.05, 0) is 37.1 Å². The molecule has 1 aliphatic rings. The minimum absolute atomic E-state index is 0.0833. The molecule has 0 aliphatic heterocycles. The number of primary amides is 1. The molecule has 1 aromatic rings. The lowest BCUT2D eigenvalue weighted by Crippen LogP contribution is -2.24. The van der Waals surface area contributed by atoms with Crippen molar-refractivity contribution in [2.75, 3.05) is 0 Å². The van der Waals surface area contributed by atoms with Crippen LogP contribution in [0.1, 0.15) is 52.8 Å². The summed E-state index contributed by atoms with van der Waals surface area (Å²) in [6.07, 6.45) is 5.70. The van der Waals surface area contributed by atoms with Crippen molar-refractivity contribution in [2.24, 2.45) is 11.7 Å². The fourth-order valence-electron chi connectivity index (χ4n) is 2.14. The summed E-state index contributed by atoms with van der Waals surface area (Å²) in [6.45, 7) is 0. The third-order valence-electron chi connectivity index (χ3n) is 3.39. The van der Waals surface area contributed by atoms with Gasteiger partial charge in [0.25, 0.3) is 0 Å². The maximum Gasteiger partial charge on any atom is 0.335 e. The molecule has 6 heteroatoms. The first-order valence-corrected chi connectivity index (χ1v) is 6.77. The van der Waals surface area contributed by atoms with Gasteiger partial charge in [-0.2, -0.15) is 0 Å². The number of benzene rings is 1. The van der Waals surface area contributed by atoms with Crippen molar-refractivity contribution < 1.29 is 24.6 Å². The van der Waals surface area contributed by atoms with E-state index in [0.717, 1.165) is 12.8 Å².